The Labute approximate surface area is 135 Å². The minimum absolute atomic E-state index is 0.242. The average Bonchev–Trinajstić information content (AvgIpc) is 3.25. The van der Waals surface area contributed by atoms with E-state index in [0.29, 0.717) is 11.4 Å². The Balaban J connectivity index is 1.79. The minimum atomic E-state index is -0.646. The summed E-state index contributed by atoms with van der Waals surface area (Å²) in [5.41, 5.74) is 0.898. The Kier molecular flexibility index (Phi) is 4.35. The molecule has 0 saturated heterocycles. The van der Waals surface area contributed by atoms with Crippen LogP contribution in [0.4, 0.5) is 0 Å². The Morgan fingerprint density at radius 2 is 2.30 bits per heavy atom. The van der Waals surface area contributed by atoms with E-state index in [-0.39, 0.29) is 17.2 Å². The zero-order valence-corrected chi connectivity index (χ0v) is 12.5. The van der Waals surface area contributed by atoms with Crippen molar-refractivity contribution in [2.75, 3.05) is 6.61 Å². The molecule has 2 aromatic heterocycles. The van der Waals surface area contributed by atoms with Gasteiger partial charge in [0.05, 0.1) is 29.1 Å². The first-order valence-electron chi connectivity index (χ1n) is 6.67. The van der Waals surface area contributed by atoms with Crippen LogP contribution in [0, 0.1) is 0 Å². The first-order valence-corrected chi connectivity index (χ1v) is 7.05. The Morgan fingerprint density at radius 3 is 2.91 bits per heavy atom. The summed E-state index contributed by atoms with van der Waals surface area (Å²) >= 11 is 6.16. The fraction of sp³-hybridized carbons (Fsp3) is 0.143. The summed E-state index contributed by atoms with van der Waals surface area (Å²) < 4.78 is 6.61. The standard InChI is InChI=1S/C14H12ClN5O3/c15-11-6-9(20-8-16-18-19-20)3-4-10(11)14(22)17-12(7-21)13-2-1-5-23-13/h1-6,8,12,21H,7H2,(H,17,22). The molecule has 1 aromatic carbocycles. The summed E-state index contributed by atoms with van der Waals surface area (Å²) in [6, 6.07) is 7.51. The molecule has 0 aliphatic rings. The van der Waals surface area contributed by atoms with Crippen LogP contribution >= 0.6 is 11.6 Å². The highest BCUT2D eigenvalue weighted by Gasteiger charge is 2.19. The van der Waals surface area contributed by atoms with Crippen LogP contribution in [0.2, 0.25) is 5.02 Å². The molecule has 3 aromatic rings. The van der Waals surface area contributed by atoms with Gasteiger partial charge in [-0.25, -0.2) is 4.68 Å². The molecule has 0 fully saturated rings. The molecule has 1 amide bonds. The van der Waals surface area contributed by atoms with Crippen molar-refractivity contribution >= 4 is 17.5 Å². The van der Waals surface area contributed by atoms with Crippen LogP contribution in [0.3, 0.4) is 0 Å². The predicted octanol–water partition coefficient (Wildman–Crippen LogP) is 1.37. The molecule has 8 nitrogen and oxygen atoms in total. The lowest BCUT2D eigenvalue weighted by Gasteiger charge is -2.14. The van der Waals surface area contributed by atoms with Crippen LogP contribution in [-0.2, 0) is 0 Å². The highest BCUT2D eigenvalue weighted by Crippen LogP contribution is 2.21. The second kappa shape index (κ2) is 6.59. The monoisotopic (exact) mass is 333 g/mol. The zero-order chi connectivity index (χ0) is 16.2. The van der Waals surface area contributed by atoms with Crippen LogP contribution in [0.5, 0.6) is 0 Å². The van der Waals surface area contributed by atoms with Crippen molar-refractivity contribution < 1.29 is 14.3 Å². The van der Waals surface area contributed by atoms with Crippen molar-refractivity contribution in [3.05, 3.63) is 59.3 Å². The number of aromatic nitrogens is 4. The van der Waals surface area contributed by atoms with Crippen molar-refractivity contribution in [2.24, 2.45) is 0 Å². The van der Waals surface area contributed by atoms with E-state index < -0.39 is 11.9 Å². The van der Waals surface area contributed by atoms with Gasteiger partial charge in [-0.3, -0.25) is 4.79 Å². The molecule has 1 unspecified atom stereocenters. The maximum atomic E-state index is 12.3. The van der Waals surface area contributed by atoms with Gasteiger partial charge in [-0.15, -0.1) is 5.10 Å². The van der Waals surface area contributed by atoms with E-state index in [0.717, 1.165) is 0 Å². The van der Waals surface area contributed by atoms with Crippen LogP contribution in [0.15, 0.2) is 47.3 Å². The molecule has 3 rings (SSSR count). The number of rotatable bonds is 5. The van der Waals surface area contributed by atoms with Gasteiger partial charge in [-0.2, -0.15) is 0 Å². The number of hydrogen-bond acceptors (Lipinski definition) is 6. The van der Waals surface area contributed by atoms with Crippen molar-refractivity contribution in [1.82, 2.24) is 25.5 Å². The number of aliphatic hydroxyl groups excluding tert-OH is 1. The first kappa shape index (κ1) is 15.2. The fourth-order valence-corrected chi connectivity index (χ4v) is 2.30. The molecule has 23 heavy (non-hydrogen) atoms. The third-order valence-corrected chi connectivity index (χ3v) is 3.50. The molecule has 2 heterocycles. The van der Waals surface area contributed by atoms with E-state index >= 15 is 0 Å². The molecule has 0 saturated carbocycles. The van der Waals surface area contributed by atoms with Crippen molar-refractivity contribution in [2.45, 2.75) is 6.04 Å². The van der Waals surface area contributed by atoms with E-state index in [4.69, 9.17) is 16.0 Å². The van der Waals surface area contributed by atoms with Crippen molar-refractivity contribution in [3.63, 3.8) is 0 Å². The van der Waals surface area contributed by atoms with Crippen LogP contribution in [0.25, 0.3) is 5.69 Å². The minimum Gasteiger partial charge on any atom is -0.467 e. The summed E-state index contributed by atoms with van der Waals surface area (Å²) in [4.78, 5) is 12.3. The van der Waals surface area contributed by atoms with Gasteiger partial charge in [-0.1, -0.05) is 11.6 Å². The molecular weight excluding hydrogens is 322 g/mol. The summed E-state index contributed by atoms with van der Waals surface area (Å²) in [5, 5.41) is 23.1. The quantitative estimate of drug-likeness (QED) is 0.730. The topological polar surface area (TPSA) is 106 Å². The highest BCUT2D eigenvalue weighted by atomic mass is 35.5. The smallest absolute Gasteiger partial charge is 0.253 e. The van der Waals surface area contributed by atoms with E-state index in [1.54, 1.807) is 30.3 Å². The lowest BCUT2D eigenvalue weighted by Crippen LogP contribution is -2.30. The number of aliphatic hydroxyl groups is 1. The van der Waals surface area contributed by atoms with Gasteiger partial charge in [0.2, 0.25) is 0 Å². The van der Waals surface area contributed by atoms with E-state index in [9.17, 15) is 9.90 Å². The number of carbonyl (C=O) groups excluding carboxylic acids is 1. The van der Waals surface area contributed by atoms with Gasteiger partial charge in [0.15, 0.2) is 0 Å². The molecular formula is C14H12ClN5O3. The Morgan fingerprint density at radius 1 is 1.43 bits per heavy atom. The third kappa shape index (κ3) is 3.22. The second-order valence-electron chi connectivity index (χ2n) is 4.64. The molecule has 0 spiro atoms. The Bertz CT molecular complexity index is 789. The first-order chi connectivity index (χ1) is 11.2. The number of amides is 1. The third-order valence-electron chi connectivity index (χ3n) is 3.19. The lowest BCUT2D eigenvalue weighted by atomic mass is 10.1. The van der Waals surface area contributed by atoms with E-state index in [1.807, 2.05) is 0 Å². The van der Waals surface area contributed by atoms with Gasteiger partial charge < -0.3 is 14.8 Å². The molecule has 0 radical (unpaired) electrons. The maximum Gasteiger partial charge on any atom is 0.253 e. The van der Waals surface area contributed by atoms with E-state index in [2.05, 4.69) is 20.8 Å². The van der Waals surface area contributed by atoms with Crippen LogP contribution in [-0.4, -0.2) is 37.8 Å². The maximum absolute atomic E-state index is 12.3. The van der Waals surface area contributed by atoms with Gasteiger partial charge in [0.25, 0.3) is 5.91 Å². The molecule has 118 valence electrons. The highest BCUT2D eigenvalue weighted by molar-refractivity contribution is 6.34. The van der Waals surface area contributed by atoms with Gasteiger partial charge in [-0.05, 0) is 40.8 Å². The number of carbonyl (C=O) groups is 1. The lowest BCUT2D eigenvalue weighted by molar-refractivity contribution is 0.0907. The number of hydrogen-bond donors (Lipinski definition) is 2. The van der Waals surface area contributed by atoms with Crippen molar-refractivity contribution in [1.29, 1.82) is 0 Å². The van der Waals surface area contributed by atoms with Crippen LogP contribution in [0.1, 0.15) is 22.2 Å². The predicted molar refractivity (Wildman–Crippen MR) is 80.2 cm³/mol. The molecule has 0 aliphatic heterocycles. The summed E-state index contributed by atoms with van der Waals surface area (Å²) in [5.74, 6) is 0.0380. The largest absolute Gasteiger partial charge is 0.467 e. The molecule has 1 atom stereocenters. The number of halogens is 1. The molecule has 0 aliphatic carbocycles. The molecule has 0 bridgehead atoms. The summed E-state index contributed by atoms with van der Waals surface area (Å²) in [6.07, 6.45) is 2.89. The number of tetrazole rings is 1. The van der Waals surface area contributed by atoms with Crippen LogP contribution < -0.4 is 5.32 Å². The normalized spacial score (nSPS) is 12.1. The van der Waals surface area contributed by atoms with Crippen molar-refractivity contribution in [3.8, 4) is 5.69 Å². The number of benzene rings is 1. The fourth-order valence-electron chi connectivity index (χ4n) is 2.04. The number of nitrogens with zero attached hydrogens (tertiary/aromatic N) is 4. The van der Waals surface area contributed by atoms with Gasteiger partial charge >= 0.3 is 0 Å². The zero-order valence-electron chi connectivity index (χ0n) is 11.8. The van der Waals surface area contributed by atoms with Gasteiger partial charge in [0.1, 0.15) is 18.1 Å². The number of nitrogens with one attached hydrogen (secondary N) is 1. The Hall–Kier alpha value is -2.71. The SMILES string of the molecule is O=C(NC(CO)c1ccco1)c1ccc(-n2cnnn2)cc1Cl. The van der Waals surface area contributed by atoms with Gasteiger partial charge in [0, 0.05) is 0 Å². The molecule has 9 heteroatoms. The average molecular weight is 334 g/mol. The van der Waals surface area contributed by atoms with E-state index in [1.165, 1.54) is 17.3 Å². The summed E-state index contributed by atoms with van der Waals surface area (Å²) in [7, 11) is 0. The second-order valence-corrected chi connectivity index (χ2v) is 5.05. The number of furan rings is 1. The summed E-state index contributed by atoms with van der Waals surface area (Å²) in [6.45, 7) is -0.292. The molecule has 2 N–H and O–H groups in total.